The molecular formula is C22H26FN3O3. The number of amides is 1. The second kappa shape index (κ2) is 11.7. The number of carbonyl (C=O) groups is 1. The highest BCUT2D eigenvalue weighted by Crippen LogP contribution is 2.21. The summed E-state index contributed by atoms with van der Waals surface area (Å²) in [5.41, 5.74) is 7.03. The molecule has 0 spiro atoms. The van der Waals surface area contributed by atoms with Crippen molar-refractivity contribution in [2.75, 3.05) is 19.5 Å². The Bertz CT molecular complexity index is 891. The number of nitrogen functional groups attached to an aromatic ring is 1. The van der Waals surface area contributed by atoms with E-state index in [0.717, 1.165) is 19.3 Å². The number of anilines is 1. The minimum Gasteiger partial charge on any atom is -0.491 e. The van der Waals surface area contributed by atoms with Gasteiger partial charge in [-0.3, -0.25) is 4.79 Å². The number of nitrogens with one attached hydrogen (secondary N) is 1. The molecule has 0 bridgehead atoms. The van der Waals surface area contributed by atoms with Gasteiger partial charge in [-0.15, -0.1) is 11.8 Å². The first-order valence-corrected chi connectivity index (χ1v) is 9.39. The maximum Gasteiger partial charge on any atom is 0.255 e. The Morgan fingerprint density at radius 1 is 1.28 bits per heavy atom. The van der Waals surface area contributed by atoms with Crippen LogP contribution in [-0.2, 0) is 17.9 Å². The highest BCUT2D eigenvalue weighted by molar-refractivity contribution is 5.98. The molecule has 2 rings (SSSR count). The second-order valence-corrected chi connectivity index (χ2v) is 6.31. The lowest BCUT2D eigenvalue weighted by Crippen LogP contribution is -2.25. The van der Waals surface area contributed by atoms with Gasteiger partial charge in [0.25, 0.3) is 5.91 Å². The molecule has 0 aliphatic rings. The highest BCUT2D eigenvalue weighted by atomic mass is 19.1. The quantitative estimate of drug-likeness (QED) is 0.472. The van der Waals surface area contributed by atoms with Crippen molar-refractivity contribution in [2.24, 2.45) is 0 Å². The average molecular weight is 399 g/mol. The van der Waals surface area contributed by atoms with Crippen LogP contribution in [0.25, 0.3) is 0 Å². The Morgan fingerprint density at radius 3 is 2.83 bits per heavy atom. The second-order valence-electron chi connectivity index (χ2n) is 6.31. The first-order chi connectivity index (χ1) is 14.1. The van der Waals surface area contributed by atoms with Gasteiger partial charge in [0.15, 0.2) is 11.6 Å². The molecule has 0 saturated carbocycles. The van der Waals surface area contributed by atoms with Crippen molar-refractivity contribution < 1.29 is 18.7 Å². The Labute approximate surface area is 170 Å². The lowest BCUT2D eigenvalue weighted by Gasteiger charge is -2.12. The third kappa shape index (κ3) is 6.77. The summed E-state index contributed by atoms with van der Waals surface area (Å²) < 4.78 is 25.1. The predicted octanol–water partition coefficient (Wildman–Crippen LogP) is 3.45. The lowest BCUT2D eigenvalue weighted by atomic mass is 10.1. The van der Waals surface area contributed by atoms with E-state index in [1.807, 2.05) is 0 Å². The zero-order valence-electron chi connectivity index (χ0n) is 16.8. The SMILES string of the molecule is CC#CCCCCOc1cccc(CNC(=O)c2ccc(COC)nc2N)c1F. The van der Waals surface area contributed by atoms with E-state index < -0.39 is 11.7 Å². The summed E-state index contributed by atoms with van der Waals surface area (Å²) in [6.45, 7) is 2.52. The number of aromatic nitrogens is 1. The van der Waals surface area contributed by atoms with Crippen LogP contribution in [0.15, 0.2) is 30.3 Å². The number of nitrogens with zero attached hydrogens (tertiary/aromatic N) is 1. The molecule has 1 amide bonds. The Morgan fingerprint density at radius 2 is 2.10 bits per heavy atom. The molecule has 154 valence electrons. The number of unbranched alkanes of at least 4 members (excludes halogenated alkanes) is 2. The summed E-state index contributed by atoms with van der Waals surface area (Å²) in [7, 11) is 1.55. The molecule has 0 fully saturated rings. The van der Waals surface area contributed by atoms with Crippen LogP contribution in [0.3, 0.4) is 0 Å². The largest absolute Gasteiger partial charge is 0.491 e. The summed E-state index contributed by atoms with van der Waals surface area (Å²) in [6.07, 6.45) is 2.50. The summed E-state index contributed by atoms with van der Waals surface area (Å²) in [5, 5.41) is 2.67. The topological polar surface area (TPSA) is 86.5 Å². The molecule has 7 heteroatoms. The van der Waals surface area contributed by atoms with Gasteiger partial charge < -0.3 is 20.5 Å². The first-order valence-electron chi connectivity index (χ1n) is 9.39. The van der Waals surface area contributed by atoms with E-state index in [1.54, 1.807) is 44.4 Å². The number of hydrogen-bond donors (Lipinski definition) is 2. The van der Waals surface area contributed by atoms with Gasteiger partial charge in [0.05, 0.1) is 24.5 Å². The number of carbonyl (C=O) groups excluding carboxylic acids is 1. The van der Waals surface area contributed by atoms with Crippen molar-refractivity contribution in [1.29, 1.82) is 0 Å². The van der Waals surface area contributed by atoms with Gasteiger partial charge in [0, 0.05) is 25.6 Å². The molecule has 0 aliphatic heterocycles. The van der Waals surface area contributed by atoms with E-state index >= 15 is 0 Å². The Balaban J connectivity index is 1.93. The molecule has 0 unspecified atom stereocenters. The molecule has 6 nitrogen and oxygen atoms in total. The fourth-order valence-corrected chi connectivity index (χ4v) is 2.63. The van der Waals surface area contributed by atoms with Gasteiger partial charge in [-0.1, -0.05) is 12.1 Å². The lowest BCUT2D eigenvalue weighted by molar-refractivity contribution is 0.0951. The minimum absolute atomic E-state index is 0.00716. The monoisotopic (exact) mass is 399 g/mol. The standard InChI is InChI=1S/C22H26FN3O3/c1-3-4-5-6-7-13-29-19-10-8-9-16(20(19)23)14-25-22(27)18-12-11-17(15-28-2)26-21(18)24/h8-12H,5-7,13-15H2,1-2H3,(H2,24,26)(H,25,27). The van der Waals surface area contributed by atoms with Crippen molar-refractivity contribution in [1.82, 2.24) is 10.3 Å². The molecule has 1 heterocycles. The summed E-state index contributed by atoms with van der Waals surface area (Å²) in [4.78, 5) is 16.5. The Hall–Kier alpha value is -3.11. The van der Waals surface area contributed by atoms with E-state index in [0.29, 0.717) is 24.5 Å². The zero-order chi connectivity index (χ0) is 21.1. The average Bonchev–Trinajstić information content (AvgIpc) is 2.71. The van der Waals surface area contributed by atoms with E-state index in [1.165, 1.54) is 0 Å². The van der Waals surface area contributed by atoms with Crippen molar-refractivity contribution >= 4 is 11.7 Å². The molecule has 0 aliphatic carbocycles. The van der Waals surface area contributed by atoms with Crippen molar-refractivity contribution in [3.8, 4) is 17.6 Å². The summed E-state index contributed by atoms with van der Waals surface area (Å²) >= 11 is 0. The number of nitrogens with two attached hydrogens (primary N) is 1. The summed E-state index contributed by atoms with van der Waals surface area (Å²) in [5.74, 6) is 5.18. The molecule has 29 heavy (non-hydrogen) atoms. The van der Waals surface area contributed by atoms with Crippen LogP contribution >= 0.6 is 0 Å². The molecule has 0 atom stereocenters. The first kappa shape index (κ1) is 22.2. The normalized spacial score (nSPS) is 10.2. The smallest absolute Gasteiger partial charge is 0.255 e. The number of methoxy groups -OCH3 is 1. The molecular weight excluding hydrogens is 373 g/mol. The third-order valence-electron chi connectivity index (χ3n) is 4.13. The van der Waals surface area contributed by atoms with Gasteiger partial charge >= 0.3 is 0 Å². The van der Waals surface area contributed by atoms with E-state index in [9.17, 15) is 9.18 Å². The third-order valence-corrected chi connectivity index (χ3v) is 4.13. The van der Waals surface area contributed by atoms with Crippen LogP contribution < -0.4 is 15.8 Å². The summed E-state index contributed by atoms with van der Waals surface area (Å²) in [6, 6.07) is 8.10. The Kier molecular flexibility index (Phi) is 8.93. The van der Waals surface area contributed by atoms with Gasteiger partial charge in [0.1, 0.15) is 5.82 Å². The van der Waals surface area contributed by atoms with Crippen LogP contribution in [0.1, 0.15) is 47.8 Å². The fourth-order valence-electron chi connectivity index (χ4n) is 2.63. The van der Waals surface area contributed by atoms with Crippen LogP contribution in [0.2, 0.25) is 0 Å². The highest BCUT2D eigenvalue weighted by Gasteiger charge is 2.14. The number of halogens is 1. The van der Waals surface area contributed by atoms with Crippen molar-refractivity contribution in [3.05, 3.63) is 53.0 Å². The number of hydrogen-bond acceptors (Lipinski definition) is 5. The van der Waals surface area contributed by atoms with Crippen LogP contribution in [0, 0.1) is 17.7 Å². The molecule has 3 N–H and O–H groups in total. The van der Waals surface area contributed by atoms with Gasteiger partial charge in [-0.2, -0.15) is 0 Å². The van der Waals surface area contributed by atoms with Crippen LogP contribution in [0.4, 0.5) is 10.2 Å². The predicted molar refractivity (Wildman–Crippen MR) is 110 cm³/mol. The van der Waals surface area contributed by atoms with Crippen molar-refractivity contribution in [3.63, 3.8) is 0 Å². The number of ether oxygens (including phenoxy) is 2. The fraction of sp³-hybridized carbons (Fsp3) is 0.364. The van der Waals surface area contributed by atoms with Gasteiger partial charge in [-0.05, 0) is 38.0 Å². The molecule has 1 aromatic carbocycles. The molecule has 0 radical (unpaired) electrons. The van der Waals surface area contributed by atoms with Gasteiger partial charge in [0.2, 0.25) is 0 Å². The van der Waals surface area contributed by atoms with Crippen LogP contribution in [-0.4, -0.2) is 24.6 Å². The number of benzene rings is 1. The maximum absolute atomic E-state index is 14.6. The van der Waals surface area contributed by atoms with E-state index in [4.69, 9.17) is 15.2 Å². The zero-order valence-corrected chi connectivity index (χ0v) is 16.8. The van der Waals surface area contributed by atoms with Crippen LogP contribution in [0.5, 0.6) is 5.75 Å². The van der Waals surface area contributed by atoms with Gasteiger partial charge in [-0.25, -0.2) is 9.37 Å². The van der Waals surface area contributed by atoms with Crippen molar-refractivity contribution in [2.45, 2.75) is 39.3 Å². The van der Waals surface area contributed by atoms with E-state index in [2.05, 4.69) is 22.1 Å². The minimum atomic E-state index is -0.484. The number of rotatable bonds is 10. The molecule has 2 aromatic rings. The van der Waals surface area contributed by atoms with E-state index in [-0.39, 0.29) is 23.7 Å². The molecule has 0 saturated heterocycles. The maximum atomic E-state index is 14.6. The molecule has 1 aromatic heterocycles. The number of pyridine rings is 1.